The number of nitrogens with one attached hydrogen (secondary N) is 1. The van der Waals surface area contributed by atoms with Crippen molar-refractivity contribution in [2.45, 2.75) is 90.1 Å². The Morgan fingerprint density at radius 3 is 2.50 bits per heavy atom. The van der Waals surface area contributed by atoms with Crippen molar-refractivity contribution in [2.75, 3.05) is 25.7 Å². The largest absolute Gasteiger partial charge is 0.467 e. The Morgan fingerprint density at radius 1 is 1.07 bits per heavy atom. The highest BCUT2D eigenvalue weighted by molar-refractivity contribution is 7.98. The van der Waals surface area contributed by atoms with Crippen molar-refractivity contribution >= 4 is 29.5 Å². The fraction of sp³-hybridized carbons (Fsp3) is 0.545. The Morgan fingerprint density at radius 2 is 1.82 bits per heavy atom. The molecular formula is C33H46N2O4S. The molecule has 1 atom stereocenters. The first-order valence-corrected chi connectivity index (χ1v) is 16.1. The standard InChI is InChI=1S/C33H46N2O4S/c1-5-6-21-35(26-13-8-7-9-14-26)31(36)19-17-25-16-18-28(29(23-25)27-15-11-10-12-24(27)2)32(37)34-30(20-22-40-4)33(38)39-3/h10-12,15-16,18,23,26,30H,5-9,13-14,17,19-22H2,1-4H3,(H,34,37)/t30-/m0/s1. The number of hydrogen-bond acceptors (Lipinski definition) is 5. The molecule has 1 N–H and O–H groups in total. The van der Waals surface area contributed by atoms with Crippen LogP contribution in [0.4, 0.5) is 0 Å². The topological polar surface area (TPSA) is 75.7 Å². The molecule has 40 heavy (non-hydrogen) atoms. The van der Waals surface area contributed by atoms with Crippen molar-refractivity contribution in [2.24, 2.45) is 0 Å². The number of benzene rings is 2. The van der Waals surface area contributed by atoms with Crippen LogP contribution in [-0.4, -0.2) is 60.4 Å². The minimum absolute atomic E-state index is 0.231. The average molecular weight is 567 g/mol. The summed E-state index contributed by atoms with van der Waals surface area (Å²) in [6, 6.07) is 13.5. The molecule has 0 spiro atoms. The second kappa shape index (κ2) is 16.5. The molecule has 218 valence electrons. The van der Waals surface area contributed by atoms with Gasteiger partial charge in [-0.3, -0.25) is 9.59 Å². The van der Waals surface area contributed by atoms with Crippen LogP contribution in [0.1, 0.15) is 86.2 Å². The first-order chi connectivity index (χ1) is 19.4. The van der Waals surface area contributed by atoms with Gasteiger partial charge in [0.05, 0.1) is 7.11 Å². The SMILES string of the molecule is CCCCN(C(=O)CCc1ccc(C(=O)N[C@@H](CCSC)C(=O)OC)c(-c2ccccc2C)c1)C1CCCCC1. The molecule has 0 aliphatic heterocycles. The number of nitrogens with zero attached hydrogens (tertiary/aromatic N) is 1. The number of amides is 2. The van der Waals surface area contributed by atoms with Gasteiger partial charge in [-0.25, -0.2) is 4.79 Å². The average Bonchev–Trinajstić information content (AvgIpc) is 2.98. The predicted octanol–water partition coefficient (Wildman–Crippen LogP) is 6.58. The lowest BCUT2D eigenvalue weighted by Gasteiger charge is -2.34. The number of ether oxygens (including phenoxy) is 1. The van der Waals surface area contributed by atoms with E-state index in [0.29, 0.717) is 30.9 Å². The summed E-state index contributed by atoms with van der Waals surface area (Å²) in [6.45, 7) is 5.04. The van der Waals surface area contributed by atoms with E-state index >= 15 is 0 Å². The third kappa shape index (κ3) is 8.85. The highest BCUT2D eigenvalue weighted by Gasteiger charge is 2.26. The Labute approximate surface area is 244 Å². The smallest absolute Gasteiger partial charge is 0.328 e. The molecule has 2 aromatic carbocycles. The van der Waals surface area contributed by atoms with E-state index in [1.807, 2.05) is 55.6 Å². The summed E-state index contributed by atoms with van der Waals surface area (Å²) >= 11 is 1.62. The molecule has 2 amide bonds. The van der Waals surface area contributed by atoms with Gasteiger partial charge in [-0.15, -0.1) is 0 Å². The van der Waals surface area contributed by atoms with Crippen molar-refractivity contribution in [1.29, 1.82) is 0 Å². The molecule has 1 aliphatic carbocycles. The zero-order chi connectivity index (χ0) is 28.9. The third-order valence-corrected chi connectivity index (χ3v) is 8.53. The number of carbonyl (C=O) groups excluding carboxylic acids is 3. The fourth-order valence-electron chi connectivity index (χ4n) is 5.53. The highest BCUT2D eigenvalue weighted by Crippen LogP contribution is 2.29. The first kappa shape index (κ1) is 31.7. The van der Waals surface area contributed by atoms with Gasteiger partial charge in [-0.05, 0) is 79.4 Å². The molecule has 0 radical (unpaired) electrons. The number of hydrogen-bond donors (Lipinski definition) is 1. The van der Waals surface area contributed by atoms with Crippen LogP contribution in [0, 0.1) is 6.92 Å². The quantitative estimate of drug-likeness (QED) is 0.262. The van der Waals surface area contributed by atoms with Crippen LogP contribution in [0.25, 0.3) is 11.1 Å². The van der Waals surface area contributed by atoms with Crippen LogP contribution in [0.5, 0.6) is 0 Å². The molecule has 0 bridgehead atoms. The maximum atomic E-state index is 13.5. The first-order valence-electron chi connectivity index (χ1n) is 14.8. The maximum absolute atomic E-state index is 13.5. The van der Waals surface area contributed by atoms with E-state index in [1.165, 1.54) is 26.4 Å². The minimum atomic E-state index is -0.708. The van der Waals surface area contributed by atoms with E-state index in [9.17, 15) is 14.4 Å². The van der Waals surface area contributed by atoms with Gasteiger partial charge in [0, 0.05) is 24.6 Å². The second-order valence-electron chi connectivity index (χ2n) is 10.8. The van der Waals surface area contributed by atoms with Crippen molar-refractivity contribution in [3.8, 4) is 11.1 Å². The van der Waals surface area contributed by atoms with Gasteiger partial charge < -0.3 is 15.0 Å². The van der Waals surface area contributed by atoms with Crippen LogP contribution in [0.15, 0.2) is 42.5 Å². The molecule has 0 heterocycles. The predicted molar refractivity (Wildman–Crippen MR) is 165 cm³/mol. The molecule has 0 unspecified atom stereocenters. The Hall–Kier alpha value is -2.80. The van der Waals surface area contributed by atoms with Crippen molar-refractivity contribution in [3.63, 3.8) is 0 Å². The normalized spacial score (nSPS) is 14.4. The zero-order valence-corrected chi connectivity index (χ0v) is 25.5. The number of esters is 1. The molecule has 1 fully saturated rings. The van der Waals surface area contributed by atoms with E-state index in [0.717, 1.165) is 60.2 Å². The number of thioether (sulfide) groups is 1. The molecule has 0 saturated heterocycles. The number of carbonyl (C=O) groups is 3. The van der Waals surface area contributed by atoms with Gasteiger partial charge in [-0.1, -0.05) is 69.0 Å². The van der Waals surface area contributed by atoms with Gasteiger partial charge in [-0.2, -0.15) is 11.8 Å². The Kier molecular flexibility index (Phi) is 13.1. The minimum Gasteiger partial charge on any atom is -0.467 e. The number of rotatable bonds is 14. The molecular weight excluding hydrogens is 520 g/mol. The summed E-state index contributed by atoms with van der Waals surface area (Å²) in [5.74, 6) is 0.212. The van der Waals surface area contributed by atoms with Gasteiger partial charge in [0.15, 0.2) is 0 Å². The van der Waals surface area contributed by atoms with Gasteiger partial charge >= 0.3 is 5.97 Å². The summed E-state index contributed by atoms with van der Waals surface area (Å²) in [6.07, 6.45) is 11.6. The van der Waals surface area contributed by atoms with E-state index in [2.05, 4.69) is 17.1 Å². The molecule has 3 rings (SSSR count). The Bertz CT molecular complexity index is 1130. The molecule has 2 aromatic rings. The number of unbranched alkanes of at least 4 members (excludes halogenated alkanes) is 1. The van der Waals surface area contributed by atoms with E-state index in [-0.39, 0.29) is 11.8 Å². The van der Waals surface area contributed by atoms with Crippen LogP contribution >= 0.6 is 11.8 Å². The van der Waals surface area contributed by atoms with Gasteiger partial charge in [0.25, 0.3) is 5.91 Å². The molecule has 1 aliphatic rings. The summed E-state index contributed by atoms with van der Waals surface area (Å²) in [5.41, 5.74) is 4.36. The Balaban J connectivity index is 1.84. The van der Waals surface area contributed by atoms with Crippen LogP contribution in [0.2, 0.25) is 0 Å². The lowest BCUT2D eigenvalue weighted by molar-refractivity contribution is -0.143. The molecule has 0 aromatic heterocycles. The molecule has 7 heteroatoms. The van der Waals surface area contributed by atoms with Crippen molar-refractivity contribution in [1.82, 2.24) is 10.2 Å². The summed E-state index contributed by atoms with van der Waals surface area (Å²) in [4.78, 5) is 41.4. The van der Waals surface area contributed by atoms with Crippen LogP contribution < -0.4 is 5.32 Å². The van der Waals surface area contributed by atoms with Gasteiger partial charge in [0.2, 0.25) is 5.91 Å². The monoisotopic (exact) mass is 566 g/mol. The number of methoxy groups -OCH3 is 1. The number of aryl methyl sites for hydroxylation is 2. The summed E-state index contributed by atoms with van der Waals surface area (Å²) in [7, 11) is 1.34. The lowest BCUT2D eigenvalue weighted by atomic mass is 9.92. The van der Waals surface area contributed by atoms with E-state index < -0.39 is 12.0 Å². The third-order valence-electron chi connectivity index (χ3n) is 7.88. The maximum Gasteiger partial charge on any atom is 0.328 e. The van der Waals surface area contributed by atoms with E-state index in [4.69, 9.17) is 4.74 Å². The van der Waals surface area contributed by atoms with Crippen molar-refractivity contribution in [3.05, 3.63) is 59.2 Å². The van der Waals surface area contributed by atoms with Crippen LogP contribution in [-0.2, 0) is 20.7 Å². The molecule has 1 saturated carbocycles. The second-order valence-corrected chi connectivity index (χ2v) is 11.7. The van der Waals surface area contributed by atoms with Crippen molar-refractivity contribution < 1.29 is 19.1 Å². The lowest BCUT2D eigenvalue weighted by Crippen LogP contribution is -2.42. The zero-order valence-electron chi connectivity index (χ0n) is 24.7. The summed E-state index contributed by atoms with van der Waals surface area (Å²) < 4.78 is 4.94. The highest BCUT2D eigenvalue weighted by atomic mass is 32.2. The van der Waals surface area contributed by atoms with Gasteiger partial charge in [0.1, 0.15) is 6.04 Å². The van der Waals surface area contributed by atoms with E-state index in [1.54, 1.807) is 11.8 Å². The molecule has 6 nitrogen and oxygen atoms in total. The summed E-state index contributed by atoms with van der Waals surface area (Å²) in [5, 5.41) is 2.90. The fourth-order valence-corrected chi connectivity index (χ4v) is 6.00. The van der Waals surface area contributed by atoms with Crippen LogP contribution in [0.3, 0.4) is 0 Å².